The number of nitrogens with one attached hydrogen (secondary N) is 1. The zero-order valence-electron chi connectivity index (χ0n) is 13.5. The van der Waals surface area contributed by atoms with Gasteiger partial charge in [0.15, 0.2) is 0 Å². The number of anilines is 1. The lowest BCUT2D eigenvalue weighted by Crippen LogP contribution is -2.37. The fourth-order valence-electron chi connectivity index (χ4n) is 2.71. The lowest BCUT2D eigenvalue weighted by molar-refractivity contribution is 0.296. The van der Waals surface area contributed by atoms with Crippen molar-refractivity contribution < 1.29 is 9.50 Å². The van der Waals surface area contributed by atoms with Gasteiger partial charge in [-0.15, -0.1) is 0 Å². The molecular formula is C17H29FN2O. The Morgan fingerprint density at radius 3 is 2.52 bits per heavy atom. The summed E-state index contributed by atoms with van der Waals surface area (Å²) in [6.45, 7) is 8.67. The summed E-state index contributed by atoms with van der Waals surface area (Å²) in [5.74, 6) is -0.208. The second kappa shape index (κ2) is 9.74. The highest BCUT2D eigenvalue weighted by Gasteiger charge is 2.18. The van der Waals surface area contributed by atoms with Crippen LogP contribution in [0.4, 0.5) is 10.1 Å². The van der Waals surface area contributed by atoms with Crippen LogP contribution in [0.5, 0.6) is 0 Å². The Kier molecular flexibility index (Phi) is 8.31. The van der Waals surface area contributed by atoms with Gasteiger partial charge in [0, 0.05) is 24.8 Å². The van der Waals surface area contributed by atoms with Crippen LogP contribution in [0.15, 0.2) is 18.2 Å². The summed E-state index contributed by atoms with van der Waals surface area (Å²) in [5.41, 5.74) is 1.99. The van der Waals surface area contributed by atoms with E-state index in [1.807, 2.05) is 6.07 Å². The first-order valence-corrected chi connectivity index (χ1v) is 8.04. The van der Waals surface area contributed by atoms with Crippen molar-refractivity contribution in [3.8, 4) is 0 Å². The van der Waals surface area contributed by atoms with Gasteiger partial charge in [-0.1, -0.05) is 20.8 Å². The molecule has 0 bridgehead atoms. The molecule has 1 rings (SSSR count). The van der Waals surface area contributed by atoms with Crippen molar-refractivity contribution in [1.82, 2.24) is 5.32 Å². The number of hydrogen-bond acceptors (Lipinski definition) is 3. The number of halogens is 1. The molecule has 0 atom stereocenters. The molecule has 0 fully saturated rings. The summed E-state index contributed by atoms with van der Waals surface area (Å²) in [4.78, 5) is 2.21. The first-order chi connectivity index (χ1) is 10.2. The molecular weight excluding hydrogens is 267 g/mol. The van der Waals surface area contributed by atoms with Crippen molar-refractivity contribution in [2.24, 2.45) is 0 Å². The molecule has 4 heteroatoms. The Labute approximate surface area is 128 Å². The molecule has 0 aliphatic carbocycles. The Balaban J connectivity index is 3.04. The van der Waals surface area contributed by atoms with Gasteiger partial charge in [-0.2, -0.15) is 0 Å². The highest BCUT2D eigenvalue weighted by molar-refractivity contribution is 5.54. The van der Waals surface area contributed by atoms with E-state index in [2.05, 4.69) is 31.0 Å². The number of hydrogen-bond donors (Lipinski definition) is 2. The van der Waals surface area contributed by atoms with Crippen LogP contribution in [0, 0.1) is 5.82 Å². The van der Waals surface area contributed by atoms with E-state index in [1.165, 1.54) is 6.07 Å². The minimum Gasteiger partial charge on any atom is -0.395 e. The van der Waals surface area contributed by atoms with Crippen LogP contribution in [0.1, 0.15) is 45.6 Å². The van der Waals surface area contributed by atoms with Gasteiger partial charge in [-0.05, 0) is 49.6 Å². The number of nitrogens with zero attached hydrogens (tertiary/aromatic N) is 1. The highest BCUT2D eigenvalue weighted by atomic mass is 19.1. The highest BCUT2D eigenvalue weighted by Crippen LogP contribution is 2.25. The van der Waals surface area contributed by atoms with Crippen molar-refractivity contribution in [2.75, 3.05) is 24.6 Å². The third kappa shape index (κ3) is 5.29. The molecule has 1 aromatic carbocycles. The van der Waals surface area contributed by atoms with Gasteiger partial charge < -0.3 is 15.3 Å². The summed E-state index contributed by atoms with van der Waals surface area (Å²) in [6.07, 6.45) is 3.07. The van der Waals surface area contributed by atoms with E-state index in [4.69, 9.17) is 0 Å². The molecule has 0 spiro atoms. The molecule has 21 heavy (non-hydrogen) atoms. The van der Waals surface area contributed by atoms with Crippen molar-refractivity contribution >= 4 is 5.69 Å². The van der Waals surface area contributed by atoms with Crippen molar-refractivity contribution in [2.45, 2.75) is 52.6 Å². The van der Waals surface area contributed by atoms with Crippen molar-refractivity contribution in [1.29, 1.82) is 0 Å². The van der Waals surface area contributed by atoms with E-state index >= 15 is 0 Å². The van der Waals surface area contributed by atoms with Crippen LogP contribution >= 0.6 is 0 Å². The average molecular weight is 296 g/mol. The Morgan fingerprint density at radius 1 is 1.24 bits per heavy atom. The molecule has 0 aromatic heterocycles. The summed E-state index contributed by atoms with van der Waals surface area (Å²) in [5, 5.41) is 12.7. The molecule has 3 nitrogen and oxygen atoms in total. The summed E-state index contributed by atoms with van der Waals surface area (Å²) in [7, 11) is 0. The van der Waals surface area contributed by atoms with E-state index in [-0.39, 0.29) is 12.4 Å². The Bertz CT molecular complexity index is 408. The minimum absolute atomic E-state index is 0.107. The molecule has 0 saturated carbocycles. The number of aliphatic hydroxyl groups excluding tert-OH is 1. The lowest BCUT2D eigenvalue weighted by Gasteiger charge is -2.34. The van der Waals surface area contributed by atoms with Crippen LogP contribution in [-0.4, -0.2) is 30.8 Å². The fraction of sp³-hybridized carbons (Fsp3) is 0.647. The molecule has 0 aliphatic rings. The maximum atomic E-state index is 13.6. The molecule has 0 unspecified atom stereocenters. The maximum Gasteiger partial charge on any atom is 0.123 e. The molecule has 0 radical (unpaired) electrons. The van der Waals surface area contributed by atoms with Crippen LogP contribution < -0.4 is 10.2 Å². The van der Waals surface area contributed by atoms with Gasteiger partial charge in [-0.25, -0.2) is 4.39 Å². The maximum absolute atomic E-state index is 13.6. The van der Waals surface area contributed by atoms with Gasteiger partial charge in [-0.3, -0.25) is 0 Å². The monoisotopic (exact) mass is 296 g/mol. The first kappa shape index (κ1) is 17.9. The van der Waals surface area contributed by atoms with E-state index in [0.29, 0.717) is 19.1 Å². The second-order valence-corrected chi connectivity index (χ2v) is 5.34. The Hall–Kier alpha value is -1.13. The predicted molar refractivity (Wildman–Crippen MR) is 87.2 cm³/mol. The summed E-state index contributed by atoms with van der Waals surface area (Å²) >= 11 is 0. The third-order valence-corrected chi connectivity index (χ3v) is 3.82. The van der Waals surface area contributed by atoms with Gasteiger partial charge in [0.2, 0.25) is 0 Å². The minimum atomic E-state index is -0.208. The van der Waals surface area contributed by atoms with Crippen LogP contribution in [0.2, 0.25) is 0 Å². The SMILES string of the molecule is CCCNCc1cc(F)ccc1N(CCO)C(CC)CC. The third-order valence-electron chi connectivity index (χ3n) is 3.82. The van der Waals surface area contributed by atoms with Gasteiger partial charge in [0.05, 0.1) is 6.61 Å². The van der Waals surface area contributed by atoms with Crippen LogP contribution in [0.3, 0.4) is 0 Å². The predicted octanol–water partition coefficient (Wildman–Crippen LogP) is 3.31. The number of benzene rings is 1. The van der Waals surface area contributed by atoms with E-state index in [9.17, 15) is 9.50 Å². The van der Waals surface area contributed by atoms with E-state index < -0.39 is 0 Å². The largest absolute Gasteiger partial charge is 0.395 e. The summed E-state index contributed by atoms with van der Waals surface area (Å²) in [6, 6.07) is 5.31. The normalized spacial score (nSPS) is 11.1. The van der Waals surface area contributed by atoms with Gasteiger partial charge >= 0.3 is 0 Å². The quantitative estimate of drug-likeness (QED) is 0.650. The number of rotatable bonds is 10. The molecule has 0 heterocycles. The van der Waals surface area contributed by atoms with Gasteiger partial charge in [0.1, 0.15) is 5.82 Å². The fourth-order valence-corrected chi connectivity index (χ4v) is 2.71. The molecule has 0 saturated heterocycles. The Morgan fingerprint density at radius 2 is 1.95 bits per heavy atom. The second-order valence-electron chi connectivity index (χ2n) is 5.34. The van der Waals surface area contributed by atoms with E-state index in [0.717, 1.165) is 37.1 Å². The zero-order chi connectivity index (χ0) is 15.7. The molecule has 0 amide bonds. The molecule has 0 aliphatic heterocycles. The van der Waals surface area contributed by atoms with Crippen LogP contribution in [0.25, 0.3) is 0 Å². The van der Waals surface area contributed by atoms with Gasteiger partial charge in [0.25, 0.3) is 0 Å². The van der Waals surface area contributed by atoms with E-state index in [1.54, 1.807) is 6.07 Å². The standard InChI is InChI=1S/C17H29FN2O/c1-4-9-19-13-14-12-15(18)7-8-17(14)20(10-11-21)16(5-2)6-3/h7-8,12,16,19,21H,4-6,9-11,13H2,1-3H3. The molecule has 120 valence electrons. The molecule has 2 N–H and O–H groups in total. The zero-order valence-corrected chi connectivity index (χ0v) is 13.5. The summed E-state index contributed by atoms with van der Waals surface area (Å²) < 4.78 is 13.6. The molecule has 1 aromatic rings. The lowest BCUT2D eigenvalue weighted by atomic mass is 10.1. The average Bonchev–Trinajstić information content (AvgIpc) is 2.48. The van der Waals surface area contributed by atoms with Crippen LogP contribution in [-0.2, 0) is 6.54 Å². The first-order valence-electron chi connectivity index (χ1n) is 8.04. The van der Waals surface area contributed by atoms with Crippen molar-refractivity contribution in [3.63, 3.8) is 0 Å². The topological polar surface area (TPSA) is 35.5 Å². The smallest absolute Gasteiger partial charge is 0.123 e. The number of aliphatic hydroxyl groups is 1. The van der Waals surface area contributed by atoms with Crippen molar-refractivity contribution in [3.05, 3.63) is 29.6 Å².